The van der Waals surface area contributed by atoms with Crippen LogP contribution in [0.25, 0.3) is 0 Å². The molecule has 0 bridgehead atoms. The minimum Gasteiger partial charge on any atom is -0.492 e. The van der Waals surface area contributed by atoms with Crippen molar-refractivity contribution < 1.29 is 23.8 Å². The van der Waals surface area contributed by atoms with Crippen molar-refractivity contribution in [1.29, 1.82) is 0 Å². The van der Waals surface area contributed by atoms with E-state index in [1.165, 1.54) is 5.56 Å². The van der Waals surface area contributed by atoms with Gasteiger partial charge in [0, 0.05) is 6.42 Å². The average molecular weight is 318 g/mol. The molecule has 0 fully saturated rings. The molecule has 2 aliphatic heterocycles. The van der Waals surface area contributed by atoms with E-state index in [4.69, 9.17) is 14.2 Å². The number of likely N-dealkylation sites (N-methyl/N-ethyl adjacent to an activating group) is 1. The van der Waals surface area contributed by atoms with Gasteiger partial charge < -0.3 is 23.8 Å². The van der Waals surface area contributed by atoms with Gasteiger partial charge in [0.05, 0.1) is 33.3 Å². The molecule has 1 aromatic carbocycles. The first-order valence-corrected chi connectivity index (χ1v) is 7.80. The highest BCUT2D eigenvalue weighted by atomic mass is 16.7. The number of rotatable bonds is 1. The second kappa shape index (κ2) is 5.33. The third-order valence-corrected chi connectivity index (χ3v) is 4.39. The molecular formula is C18H24NO4+. The number of fused-ring (bicyclic) bond motifs is 2. The number of ether oxygens (including phenoxy) is 3. The predicted molar refractivity (Wildman–Crippen MR) is 86.6 cm³/mol. The van der Waals surface area contributed by atoms with Crippen LogP contribution in [0.3, 0.4) is 0 Å². The number of benzene rings is 1. The Hall–Kier alpha value is -1.90. The summed E-state index contributed by atoms with van der Waals surface area (Å²) < 4.78 is 17.5. The third-order valence-electron chi connectivity index (χ3n) is 4.39. The minimum absolute atomic E-state index is 0.0883. The van der Waals surface area contributed by atoms with Crippen LogP contribution in [-0.4, -0.2) is 49.7 Å². The first-order chi connectivity index (χ1) is 10.7. The molecule has 0 saturated carbocycles. The van der Waals surface area contributed by atoms with Crippen molar-refractivity contribution >= 4 is 0 Å². The lowest BCUT2D eigenvalue weighted by Gasteiger charge is -2.40. The van der Waals surface area contributed by atoms with E-state index in [1.54, 1.807) is 21.0 Å². The summed E-state index contributed by atoms with van der Waals surface area (Å²) in [5.74, 6) is 8.34. The van der Waals surface area contributed by atoms with Crippen molar-refractivity contribution in [3.63, 3.8) is 0 Å². The Morgan fingerprint density at radius 2 is 2.09 bits per heavy atom. The van der Waals surface area contributed by atoms with Gasteiger partial charge in [-0.1, -0.05) is 5.92 Å². The zero-order valence-corrected chi connectivity index (χ0v) is 14.4. The fraction of sp³-hybridized carbons (Fsp3) is 0.556. The normalized spacial score (nSPS) is 21.2. The lowest BCUT2D eigenvalue weighted by Crippen LogP contribution is -2.47. The van der Waals surface area contributed by atoms with E-state index in [0.717, 1.165) is 24.3 Å². The Kier molecular flexibility index (Phi) is 3.70. The molecule has 0 aliphatic carbocycles. The van der Waals surface area contributed by atoms with E-state index in [1.807, 2.05) is 6.07 Å². The van der Waals surface area contributed by atoms with Gasteiger partial charge in [0.2, 0.25) is 12.5 Å². The van der Waals surface area contributed by atoms with Crippen LogP contribution in [0.15, 0.2) is 6.07 Å². The molecule has 0 spiro atoms. The monoisotopic (exact) mass is 318 g/mol. The molecule has 0 amide bonds. The fourth-order valence-corrected chi connectivity index (χ4v) is 3.17. The van der Waals surface area contributed by atoms with Gasteiger partial charge in [0.1, 0.15) is 5.60 Å². The van der Waals surface area contributed by atoms with Gasteiger partial charge >= 0.3 is 0 Å². The maximum atomic E-state index is 9.99. The Morgan fingerprint density at radius 3 is 2.74 bits per heavy atom. The van der Waals surface area contributed by atoms with E-state index in [0.29, 0.717) is 16.0 Å². The molecule has 3 rings (SSSR count). The van der Waals surface area contributed by atoms with Gasteiger partial charge in [-0.3, -0.25) is 0 Å². The van der Waals surface area contributed by atoms with E-state index < -0.39 is 5.60 Å². The summed E-state index contributed by atoms with van der Waals surface area (Å²) in [6.45, 7) is 4.56. The van der Waals surface area contributed by atoms with Crippen LogP contribution >= 0.6 is 0 Å². The summed E-state index contributed by atoms with van der Waals surface area (Å²) in [5.41, 5.74) is 1.20. The van der Waals surface area contributed by atoms with Crippen LogP contribution in [0.1, 0.15) is 31.0 Å². The van der Waals surface area contributed by atoms with E-state index >= 15 is 0 Å². The van der Waals surface area contributed by atoms with E-state index in [-0.39, 0.29) is 12.8 Å². The highest BCUT2D eigenvalue weighted by Crippen LogP contribution is 2.50. The molecule has 2 aliphatic rings. The maximum absolute atomic E-state index is 9.99. The second-order valence-electron chi connectivity index (χ2n) is 7.20. The smallest absolute Gasteiger partial charge is 0.231 e. The first-order valence-electron chi connectivity index (χ1n) is 7.80. The summed E-state index contributed by atoms with van der Waals surface area (Å²) in [6, 6.07) is 1.95. The molecular weight excluding hydrogens is 294 g/mol. The largest absolute Gasteiger partial charge is 0.492 e. The van der Waals surface area contributed by atoms with Crippen molar-refractivity contribution in [2.45, 2.75) is 31.9 Å². The SMILES string of the molecule is COc1c2c(cc3c1C(C#CC(C)(C)O)[N+](C)(C)CC3)OCO2. The van der Waals surface area contributed by atoms with Crippen LogP contribution in [0, 0.1) is 11.8 Å². The van der Waals surface area contributed by atoms with Crippen LogP contribution in [-0.2, 0) is 6.42 Å². The number of hydrogen-bond acceptors (Lipinski definition) is 4. The standard InChI is InChI=1S/C18H24NO4/c1-18(2,20)8-6-13-15-12(7-9-19(13,3)4)10-14-16(17(15)21-5)23-11-22-14/h10,13,20H,7,9,11H2,1-5H3/q+1. The van der Waals surface area contributed by atoms with Gasteiger partial charge in [0.15, 0.2) is 17.5 Å². The summed E-state index contributed by atoms with van der Waals surface area (Å²) in [7, 11) is 5.94. The molecule has 124 valence electrons. The first kappa shape index (κ1) is 16.0. The van der Waals surface area contributed by atoms with Gasteiger partial charge in [-0.2, -0.15) is 0 Å². The molecule has 5 heteroatoms. The van der Waals surface area contributed by atoms with E-state index in [2.05, 4.69) is 25.9 Å². The van der Waals surface area contributed by atoms with Gasteiger partial charge in [0.25, 0.3) is 0 Å². The Morgan fingerprint density at radius 1 is 1.35 bits per heavy atom. The fourth-order valence-electron chi connectivity index (χ4n) is 3.17. The molecule has 0 saturated heterocycles. The highest BCUT2D eigenvalue weighted by Gasteiger charge is 2.40. The summed E-state index contributed by atoms with van der Waals surface area (Å²) in [4.78, 5) is 0. The third kappa shape index (κ3) is 2.85. The number of aliphatic hydroxyl groups is 1. The van der Waals surface area contributed by atoms with Crippen molar-refractivity contribution in [3.05, 3.63) is 17.2 Å². The Labute approximate surface area is 137 Å². The molecule has 1 aromatic rings. The van der Waals surface area contributed by atoms with Gasteiger partial charge in [-0.15, -0.1) is 0 Å². The average Bonchev–Trinajstić information content (AvgIpc) is 2.90. The summed E-state index contributed by atoms with van der Waals surface area (Å²) in [6.07, 6.45) is 0.927. The number of quaternary nitrogens is 1. The quantitative estimate of drug-likeness (QED) is 0.634. The number of methoxy groups -OCH3 is 1. The lowest BCUT2D eigenvalue weighted by atomic mass is 9.89. The van der Waals surface area contributed by atoms with Crippen LogP contribution in [0.2, 0.25) is 0 Å². The maximum Gasteiger partial charge on any atom is 0.231 e. The molecule has 0 radical (unpaired) electrons. The van der Waals surface area contributed by atoms with Crippen molar-refractivity contribution in [2.24, 2.45) is 0 Å². The minimum atomic E-state index is -1.03. The Balaban J connectivity index is 2.19. The second-order valence-corrected chi connectivity index (χ2v) is 7.20. The highest BCUT2D eigenvalue weighted by molar-refractivity contribution is 5.62. The molecule has 1 N–H and O–H groups in total. The molecule has 23 heavy (non-hydrogen) atoms. The summed E-state index contributed by atoms with van der Waals surface area (Å²) >= 11 is 0. The van der Waals surface area contributed by atoms with Crippen molar-refractivity contribution in [3.8, 4) is 29.1 Å². The van der Waals surface area contributed by atoms with Gasteiger partial charge in [-0.25, -0.2) is 0 Å². The van der Waals surface area contributed by atoms with Crippen LogP contribution in [0.5, 0.6) is 17.2 Å². The van der Waals surface area contributed by atoms with Crippen molar-refractivity contribution in [1.82, 2.24) is 0 Å². The zero-order valence-electron chi connectivity index (χ0n) is 14.4. The topological polar surface area (TPSA) is 47.9 Å². The van der Waals surface area contributed by atoms with Gasteiger partial charge in [-0.05, 0) is 31.4 Å². The van der Waals surface area contributed by atoms with Crippen molar-refractivity contribution in [2.75, 3.05) is 34.5 Å². The molecule has 0 aromatic heterocycles. The predicted octanol–water partition coefficient (Wildman–Crippen LogP) is 1.87. The lowest BCUT2D eigenvalue weighted by molar-refractivity contribution is -0.914. The van der Waals surface area contributed by atoms with E-state index in [9.17, 15) is 5.11 Å². The summed E-state index contributed by atoms with van der Waals surface area (Å²) in [5, 5.41) is 9.99. The number of hydrogen-bond donors (Lipinski definition) is 1. The molecule has 5 nitrogen and oxygen atoms in total. The molecule has 2 heterocycles. The van der Waals surface area contributed by atoms with Crippen LogP contribution < -0.4 is 14.2 Å². The molecule has 1 unspecified atom stereocenters. The zero-order chi connectivity index (χ0) is 16.8. The Bertz CT molecular complexity index is 692. The number of nitrogens with zero attached hydrogens (tertiary/aromatic N) is 1. The van der Waals surface area contributed by atoms with Crippen LogP contribution in [0.4, 0.5) is 0 Å². The molecule has 1 atom stereocenters.